The number of nitrogens with two attached hydrogens (primary N) is 1. The summed E-state index contributed by atoms with van der Waals surface area (Å²) in [6, 6.07) is 15.7. The fourth-order valence-electron chi connectivity index (χ4n) is 3.28. The highest BCUT2D eigenvalue weighted by Crippen LogP contribution is 2.38. The molecular formula is C20H15NO7S2. The van der Waals surface area contributed by atoms with Gasteiger partial charge < -0.3 is 15.0 Å². The van der Waals surface area contributed by atoms with E-state index in [-0.39, 0.29) is 32.5 Å². The van der Waals surface area contributed by atoms with Crippen LogP contribution in [-0.4, -0.2) is 26.5 Å². The number of anilines is 1. The highest BCUT2D eigenvalue weighted by molar-refractivity contribution is 7.87. The van der Waals surface area contributed by atoms with Gasteiger partial charge in [-0.2, -0.15) is 16.8 Å². The summed E-state index contributed by atoms with van der Waals surface area (Å²) in [6.45, 7) is 0. The van der Waals surface area contributed by atoms with Gasteiger partial charge in [0.25, 0.3) is 10.1 Å². The number of phenolic OH excluding ortho intramolecular Hbond substituents is 1. The van der Waals surface area contributed by atoms with Crippen molar-refractivity contribution in [2.45, 2.75) is 9.79 Å². The molecule has 154 valence electrons. The number of aromatic hydroxyl groups is 1. The van der Waals surface area contributed by atoms with Crippen molar-refractivity contribution in [3.8, 4) is 11.5 Å². The van der Waals surface area contributed by atoms with Crippen molar-refractivity contribution in [3.05, 3.63) is 66.7 Å². The zero-order valence-corrected chi connectivity index (χ0v) is 16.8. The SMILES string of the molecule is Nc1c(OS(=O)(=O)c2cccc3cccc(O)c23)cc(S(=O)(=O)O)c2ccccc12. The van der Waals surface area contributed by atoms with Crippen LogP contribution in [0.25, 0.3) is 21.5 Å². The highest BCUT2D eigenvalue weighted by atomic mass is 32.2. The Hall–Kier alpha value is -3.34. The second-order valence-electron chi connectivity index (χ2n) is 6.48. The first kappa shape index (κ1) is 20.0. The van der Waals surface area contributed by atoms with Crippen LogP contribution in [-0.2, 0) is 20.2 Å². The smallest absolute Gasteiger partial charge is 0.340 e. The Bertz CT molecular complexity index is 1520. The molecule has 0 spiro atoms. The molecule has 0 saturated carbocycles. The fraction of sp³-hybridized carbons (Fsp3) is 0. The highest BCUT2D eigenvalue weighted by Gasteiger charge is 2.26. The molecule has 30 heavy (non-hydrogen) atoms. The topological polar surface area (TPSA) is 144 Å². The van der Waals surface area contributed by atoms with Crippen LogP contribution in [0.15, 0.2) is 76.5 Å². The van der Waals surface area contributed by atoms with Crippen molar-refractivity contribution in [1.82, 2.24) is 0 Å². The van der Waals surface area contributed by atoms with Gasteiger partial charge in [0, 0.05) is 22.2 Å². The maximum atomic E-state index is 13.0. The minimum Gasteiger partial charge on any atom is -0.507 e. The Balaban J connectivity index is 1.95. The number of nitrogen functional groups attached to an aromatic ring is 1. The molecule has 4 aromatic carbocycles. The molecule has 4 aromatic rings. The first-order valence-electron chi connectivity index (χ1n) is 8.53. The van der Waals surface area contributed by atoms with E-state index in [1.165, 1.54) is 30.3 Å². The van der Waals surface area contributed by atoms with Crippen molar-refractivity contribution in [3.63, 3.8) is 0 Å². The second-order valence-corrected chi connectivity index (χ2v) is 9.38. The standard InChI is InChI=1S/C20H15NO7S2/c21-20-14-8-2-1-7-13(14)18(29(23,24)25)11-16(20)28-30(26,27)17-10-4-6-12-5-3-9-15(22)19(12)17/h1-11,22H,21H2,(H,23,24,25). The molecule has 0 radical (unpaired) electrons. The first-order chi connectivity index (χ1) is 14.1. The molecule has 0 atom stereocenters. The van der Waals surface area contributed by atoms with Gasteiger partial charge in [-0.3, -0.25) is 4.55 Å². The van der Waals surface area contributed by atoms with Crippen molar-refractivity contribution in [2.75, 3.05) is 5.73 Å². The van der Waals surface area contributed by atoms with Gasteiger partial charge in [-0.05, 0) is 17.5 Å². The van der Waals surface area contributed by atoms with E-state index >= 15 is 0 Å². The average Bonchev–Trinajstić information content (AvgIpc) is 2.69. The third-order valence-corrected chi connectivity index (χ3v) is 6.77. The van der Waals surface area contributed by atoms with Gasteiger partial charge >= 0.3 is 10.1 Å². The molecule has 10 heteroatoms. The minimum absolute atomic E-state index is 0.0503. The van der Waals surface area contributed by atoms with Gasteiger partial charge in [0.15, 0.2) is 5.75 Å². The van der Waals surface area contributed by atoms with Crippen LogP contribution in [0.1, 0.15) is 0 Å². The van der Waals surface area contributed by atoms with Crippen molar-refractivity contribution < 1.29 is 30.7 Å². The Morgan fingerprint density at radius 3 is 2.10 bits per heavy atom. The Labute approximate surface area is 172 Å². The van der Waals surface area contributed by atoms with Crippen molar-refractivity contribution >= 4 is 47.5 Å². The second kappa shape index (κ2) is 6.87. The van der Waals surface area contributed by atoms with Gasteiger partial charge in [-0.25, -0.2) is 0 Å². The number of fused-ring (bicyclic) bond motifs is 2. The van der Waals surface area contributed by atoms with E-state index < -0.39 is 30.9 Å². The minimum atomic E-state index is -4.70. The quantitative estimate of drug-likeness (QED) is 0.247. The molecule has 4 rings (SSSR count). The zero-order valence-electron chi connectivity index (χ0n) is 15.2. The monoisotopic (exact) mass is 445 g/mol. The number of phenols is 1. The molecule has 0 aliphatic heterocycles. The van der Waals surface area contributed by atoms with E-state index in [9.17, 15) is 26.5 Å². The lowest BCUT2D eigenvalue weighted by Crippen LogP contribution is -2.12. The molecule has 0 amide bonds. The van der Waals surface area contributed by atoms with Crippen LogP contribution in [0.5, 0.6) is 11.5 Å². The molecule has 0 aromatic heterocycles. The third-order valence-electron chi connectivity index (χ3n) is 4.60. The summed E-state index contributed by atoms with van der Waals surface area (Å²) in [5.74, 6) is -0.728. The lowest BCUT2D eigenvalue weighted by atomic mass is 10.1. The molecular weight excluding hydrogens is 430 g/mol. The maximum absolute atomic E-state index is 13.0. The van der Waals surface area contributed by atoms with Crippen LogP contribution < -0.4 is 9.92 Å². The summed E-state index contributed by atoms with van der Waals surface area (Å²) < 4.78 is 64.5. The molecule has 0 aliphatic carbocycles. The predicted octanol–water partition coefficient (Wildman–Crippen LogP) is 3.30. The summed E-state index contributed by atoms with van der Waals surface area (Å²) >= 11 is 0. The summed E-state index contributed by atoms with van der Waals surface area (Å²) in [7, 11) is -9.23. The lowest BCUT2D eigenvalue weighted by molar-refractivity contribution is 0.474. The normalized spacial score (nSPS) is 12.3. The molecule has 0 heterocycles. The average molecular weight is 445 g/mol. The number of rotatable bonds is 4. The largest absolute Gasteiger partial charge is 0.507 e. The van der Waals surface area contributed by atoms with E-state index in [2.05, 4.69) is 0 Å². The van der Waals surface area contributed by atoms with Crippen LogP contribution in [0.2, 0.25) is 0 Å². The molecule has 0 aliphatic rings. The van der Waals surface area contributed by atoms with Gasteiger partial charge in [-0.1, -0.05) is 48.5 Å². The Kier molecular flexibility index (Phi) is 4.57. The molecule has 4 N–H and O–H groups in total. The molecule has 8 nitrogen and oxygen atoms in total. The fourth-order valence-corrected chi connectivity index (χ4v) is 5.17. The van der Waals surface area contributed by atoms with E-state index in [4.69, 9.17) is 9.92 Å². The van der Waals surface area contributed by atoms with Crippen LogP contribution in [0, 0.1) is 0 Å². The van der Waals surface area contributed by atoms with Gasteiger partial charge in [0.05, 0.1) is 5.69 Å². The number of hydrogen-bond donors (Lipinski definition) is 3. The molecule has 0 bridgehead atoms. The van der Waals surface area contributed by atoms with Crippen molar-refractivity contribution in [2.24, 2.45) is 0 Å². The van der Waals surface area contributed by atoms with Crippen LogP contribution in [0.3, 0.4) is 0 Å². The molecule has 0 fully saturated rings. The molecule has 0 saturated heterocycles. The Morgan fingerprint density at radius 2 is 1.43 bits per heavy atom. The summed E-state index contributed by atoms with van der Waals surface area (Å²) in [6.07, 6.45) is 0. The third kappa shape index (κ3) is 3.30. The number of benzene rings is 4. The van der Waals surface area contributed by atoms with E-state index in [1.54, 1.807) is 30.3 Å². The van der Waals surface area contributed by atoms with E-state index in [0.717, 1.165) is 6.07 Å². The predicted molar refractivity (Wildman–Crippen MR) is 112 cm³/mol. The van der Waals surface area contributed by atoms with E-state index in [1.807, 2.05) is 0 Å². The maximum Gasteiger partial charge on any atom is 0.340 e. The summed E-state index contributed by atoms with van der Waals surface area (Å²) in [4.78, 5) is -0.864. The van der Waals surface area contributed by atoms with Gasteiger partial charge in [0.2, 0.25) is 0 Å². The van der Waals surface area contributed by atoms with E-state index in [0.29, 0.717) is 5.39 Å². The Morgan fingerprint density at radius 1 is 0.800 bits per heavy atom. The lowest BCUT2D eigenvalue weighted by Gasteiger charge is -2.15. The summed E-state index contributed by atoms with van der Waals surface area (Å²) in [5.41, 5.74) is 5.92. The van der Waals surface area contributed by atoms with Crippen molar-refractivity contribution in [1.29, 1.82) is 0 Å². The van der Waals surface area contributed by atoms with Crippen LogP contribution in [0.4, 0.5) is 5.69 Å². The zero-order chi connectivity index (χ0) is 21.7. The van der Waals surface area contributed by atoms with Gasteiger partial charge in [-0.15, -0.1) is 0 Å². The molecule has 0 unspecified atom stereocenters. The number of hydrogen-bond acceptors (Lipinski definition) is 7. The van der Waals surface area contributed by atoms with Gasteiger partial charge in [0.1, 0.15) is 15.5 Å². The first-order valence-corrected chi connectivity index (χ1v) is 11.4. The summed E-state index contributed by atoms with van der Waals surface area (Å²) in [5, 5.41) is 11.0. The van der Waals surface area contributed by atoms with Crippen LogP contribution >= 0.6 is 0 Å².